The Morgan fingerprint density at radius 1 is 1.22 bits per heavy atom. The molecule has 2 heterocycles. The molecule has 3 aromatic rings. The van der Waals surface area contributed by atoms with E-state index in [1.54, 1.807) is 10.9 Å². The number of aryl methyl sites for hydroxylation is 2. The van der Waals surface area contributed by atoms with Gasteiger partial charge in [-0.1, -0.05) is 43.0 Å². The van der Waals surface area contributed by atoms with Gasteiger partial charge in [-0.25, -0.2) is 0 Å². The van der Waals surface area contributed by atoms with Gasteiger partial charge < -0.3 is 0 Å². The minimum absolute atomic E-state index is 0.00163. The highest BCUT2D eigenvalue weighted by Gasteiger charge is 2.13. The maximum atomic E-state index is 13.4. The molecule has 134 valence electrons. The average Bonchev–Trinajstić information content (AvgIpc) is 3.11. The van der Waals surface area contributed by atoms with Crippen molar-refractivity contribution in [2.45, 2.75) is 26.2 Å². The van der Waals surface area contributed by atoms with Crippen molar-refractivity contribution in [3.8, 4) is 11.8 Å². The minimum atomic E-state index is -0.00163. The Morgan fingerprint density at radius 3 is 2.81 bits per heavy atom. The van der Waals surface area contributed by atoms with Crippen molar-refractivity contribution in [2.75, 3.05) is 0 Å². The molecule has 4 rings (SSSR count). The number of hydrogen-bond donors (Lipinski definition) is 0. The van der Waals surface area contributed by atoms with Crippen molar-refractivity contribution in [2.24, 2.45) is 7.05 Å². The van der Waals surface area contributed by atoms with Crippen LogP contribution in [-0.2, 0) is 13.5 Å². The second-order valence-electron chi connectivity index (χ2n) is 6.66. The number of nitrogens with zero attached hydrogens (tertiary/aromatic N) is 3. The number of aromatic nitrogens is 3. The largest absolute Gasteiger partial charge is 0.281 e. The van der Waals surface area contributed by atoms with E-state index in [0.29, 0.717) is 5.39 Å². The molecular formula is C23H21N3O. The molecule has 0 atom stereocenters. The fourth-order valence-electron chi connectivity index (χ4n) is 3.45. The zero-order valence-electron chi connectivity index (χ0n) is 15.6. The quantitative estimate of drug-likeness (QED) is 0.654. The highest BCUT2D eigenvalue weighted by atomic mass is 16.1. The van der Waals surface area contributed by atoms with Gasteiger partial charge in [-0.3, -0.25) is 14.0 Å². The van der Waals surface area contributed by atoms with Crippen LogP contribution in [0.1, 0.15) is 36.6 Å². The fraction of sp³-hybridized carbons (Fsp3) is 0.217. The van der Waals surface area contributed by atoms with Gasteiger partial charge in [0.2, 0.25) is 0 Å². The molecule has 4 heteroatoms. The summed E-state index contributed by atoms with van der Waals surface area (Å²) in [6.07, 6.45) is 12.7. The summed E-state index contributed by atoms with van der Waals surface area (Å²) in [7, 11) is 1.86. The summed E-state index contributed by atoms with van der Waals surface area (Å²) in [4.78, 5) is 13.4. The number of pyridine rings is 1. The molecule has 0 radical (unpaired) electrons. The van der Waals surface area contributed by atoms with Gasteiger partial charge in [0.15, 0.2) is 0 Å². The summed E-state index contributed by atoms with van der Waals surface area (Å²) in [6, 6.07) is 7.96. The second-order valence-corrected chi connectivity index (χ2v) is 6.66. The summed E-state index contributed by atoms with van der Waals surface area (Å²) >= 11 is 0. The van der Waals surface area contributed by atoms with Crippen LogP contribution in [0.4, 0.5) is 0 Å². The monoisotopic (exact) mass is 355 g/mol. The highest BCUT2D eigenvalue weighted by molar-refractivity contribution is 5.89. The first kappa shape index (κ1) is 17.1. The van der Waals surface area contributed by atoms with E-state index in [-0.39, 0.29) is 5.56 Å². The summed E-state index contributed by atoms with van der Waals surface area (Å²) < 4.78 is 3.56. The van der Waals surface area contributed by atoms with E-state index < -0.39 is 0 Å². The first-order chi connectivity index (χ1) is 13.2. The van der Waals surface area contributed by atoms with Crippen LogP contribution in [0.15, 0.2) is 59.7 Å². The summed E-state index contributed by atoms with van der Waals surface area (Å²) in [5.74, 6) is 6.29. The molecule has 0 aliphatic heterocycles. The van der Waals surface area contributed by atoms with Crippen LogP contribution < -0.4 is 5.56 Å². The molecule has 0 saturated heterocycles. The first-order valence-corrected chi connectivity index (χ1v) is 9.23. The van der Waals surface area contributed by atoms with Crippen molar-refractivity contribution < 1.29 is 0 Å². The molecule has 0 N–H and O–H groups in total. The molecule has 1 aliphatic rings. The van der Waals surface area contributed by atoms with Crippen molar-refractivity contribution in [3.05, 3.63) is 82.1 Å². The van der Waals surface area contributed by atoms with Crippen molar-refractivity contribution in [1.82, 2.24) is 14.3 Å². The number of benzene rings is 1. The number of hydrogen-bond acceptors (Lipinski definition) is 2. The van der Waals surface area contributed by atoms with Crippen molar-refractivity contribution >= 4 is 16.5 Å². The van der Waals surface area contributed by atoms with E-state index >= 15 is 0 Å². The number of fused-ring (bicyclic) bond motifs is 1. The zero-order chi connectivity index (χ0) is 18.8. The molecule has 1 aromatic carbocycles. The lowest BCUT2D eigenvalue weighted by Crippen LogP contribution is -2.23. The average molecular weight is 355 g/mol. The van der Waals surface area contributed by atoms with Crippen LogP contribution in [0, 0.1) is 11.8 Å². The normalized spacial score (nSPS) is 13.3. The maximum absolute atomic E-state index is 13.4. The highest BCUT2D eigenvalue weighted by Crippen LogP contribution is 2.21. The molecule has 4 nitrogen and oxygen atoms in total. The lowest BCUT2D eigenvalue weighted by Gasteiger charge is -2.16. The van der Waals surface area contributed by atoms with Gasteiger partial charge in [0, 0.05) is 30.2 Å². The number of rotatable bonds is 2. The Morgan fingerprint density at radius 2 is 2.11 bits per heavy atom. The van der Waals surface area contributed by atoms with E-state index in [4.69, 9.17) is 0 Å². The van der Waals surface area contributed by atoms with Gasteiger partial charge in [-0.2, -0.15) is 5.10 Å². The van der Waals surface area contributed by atoms with Gasteiger partial charge in [0.25, 0.3) is 5.56 Å². The first-order valence-electron chi connectivity index (χ1n) is 9.23. The van der Waals surface area contributed by atoms with Crippen molar-refractivity contribution in [3.63, 3.8) is 0 Å². The third-order valence-corrected chi connectivity index (χ3v) is 4.77. The lowest BCUT2D eigenvalue weighted by molar-refractivity contribution is 0.767. The summed E-state index contributed by atoms with van der Waals surface area (Å²) in [5.41, 5.74) is 3.55. The third kappa shape index (κ3) is 3.24. The van der Waals surface area contributed by atoms with E-state index in [9.17, 15) is 4.79 Å². The van der Waals surface area contributed by atoms with Gasteiger partial charge >= 0.3 is 0 Å². The Balaban J connectivity index is 1.94. The standard InChI is InChI=1S/C23H21N3O/c1-3-20-14-19-9-7-8-18(13-12-17-15-24-25(2)16-17)22(19)23(27)26(20)21-10-5-4-6-11-21/h5,7-11,14-16H,3-4,6H2,1-2H3. The van der Waals surface area contributed by atoms with Crippen LogP contribution >= 0.6 is 0 Å². The Kier molecular flexibility index (Phi) is 4.52. The second kappa shape index (κ2) is 7.13. The molecule has 2 aromatic heterocycles. The molecule has 0 spiro atoms. The third-order valence-electron chi connectivity index (χ3n) is 4.77. The van der Waals surface area contributed by atoms with Crippen LogP contribution in [0.25, 0.3) is 16.5 Å². The summed E-state index contributed by atoms with van der Waals surface area (Å²) in [6.45, 7) is 2.08. The molecule has 0 bridgehead atoms. The van der Waals surface area contributed by atoms with Gasteiger partial charge in [-0.05, 0) is 42.9 Å². The Hall–Kier alpha value is -3.32. The molecule has 1 aliphatic carbocycles. The molecular weight excluding hydrogens is 334 g/mol. The molecule has 0 fully saturated rings. The predicted molar refractivity (Wildman–Crippen MR) is 109 cm³/mol. The van der Waals surface area contributed by atoms with Gasteiger partial charge in [0.1, 0.15) is 0 Å². The van der Waals surface area contributed by atoms with E-state index in [0.717, 1.165) is 47.2 Å². The molecule has 0 saturated carbocycles. The van der Waals surface area contributed by atoms with E-state index in [1.807, 2.05) is 42.1 Å². The smallest absolute Gasteiger partial charge is 0.264 e. The van der Waals surface area contributed by atoms with Crippen LogP contribution in [-0.4, -0.2) is 14.3 Å². The van der Waals surface area contributed by atoms with Crippen LogP contribution in [0.3, 0.4) is 0 Å². The zero-order valence-corrected chi connectivity index (χ0v) is 15.6. The maximum Gasteiger partial charge on any atom is 0.264 e. The Bertz CT molecular complexity index is 1200. The summed E-state index contributed by atoms with van der Waals surface area (Å²) in [5, 5.41) is 5.75. The molecule has 0 amide bonds. The van der Waals surface area contributed by atoms with Gasteiger partial charge in [-0.15, -0.1) is 0 Å². The lowest BCUT2D eigenvalue weighted by atomic mass is 10.0. The molecule has 0 unspecified atom stereocenters. The van der Waals surface area contributed by atoms with E-state index in [1.165, 1.54) is 0 Å². The fourth-order valence-corrected chi connectivity index (χ4v) is 3.45. The predicted octanol–water partition coefficient (Wildman–Crippen LogP) is 3.89. The SMILES string of the molecule is CCc1cc2cccc(C#Cc3cnn(C)c3)c2c(=O)n1C1=CCCC=C1. The van der Waals surface area contributed by atoms with Crippen molar-refractivity contribution in [1.29, 1.82) is 0 Å². The minimum Gasteiger partial charge on any atom is -0.281 e. The van der Waals surface area contributed by atoms with Crippen LogP contribution in [0.5, 0.6) is 0 Å². The van der Waals surface area contributed by atoms with E-state index in [2.05, 4.69) is 42.1 Å². The van der Waals surface area contributed by atoms with Gasteiger partial charge in [0.05, 0.1) is 17.1 Å². The number of allylic oxidation sites excluding steroid dienone is 4. The molecule has 27 heavy (non-hydrogen) atoms. The topological polar surface area (TPSA) is 39.8 Å². The Labute approximate surface area is 158 Å². The van der Waals surface area contributed by atoms with Crippen LogP contribution in [0.2, 0.25) is 0 Å².